The zero-order chi connectivity index (χ0) is 20.3. The lowest BCUT2D eigenvalue weighted by Gasteiger charge is -2.37. The lowest BCUT2D eigenvalue weighted by atomic mass is 9.92. The van der Waals surface area contributed by atoms with Gasteiger partial charge in [0.05, 0.1) is 6.26 Å². The van der Waals surface area contributed by atoms with Crippen molar-refractivity contribution in [1.29, 1.82) is 0 Å². The van der Waals surface area contributed by atoms with Crippen LogP contribution in [0.4, 0.5) is 0 Å². The standard InChI is InChI=1S/C22H29N3O3/c1-15(2)18(23)10-11-24(3)21(26)19-13-16-7-4-5-8-17(16)14-25(19)22(27)20-9-6-12-28-20/h4-9,12,15,18-19H,10-11,13-14,23H2,1-3H3. The summed E-state index contributed by atoms with van der Waals surface area (Å²) in [5, 5.41) is 0. The van der Waals surface area contributed by atoms with Gasteiger partial charge in [0.1, 0.15) is 6.04 Å². The number of nitrogens with two attached hydrogens (primary N) is 1. The molecule has 2 unspecified atom stereocenters. The first-order valence-electron chi connectivity index (χ1n) is 9.80. The van der Waals surface area contributed by atoms with Gasteiger partial charge in [-0.3, -0.25) is 9.59 Å². The molecule has 0 saturated carbocycles. The van der Waals surface area contributed by atoms with Crippen LogP contribution in [0.3, 0.4) is 0 Å². The molecule has 2 atom stereocenters. The Morgan fingerprint density at radius 1 is 1.21 bits per heavy atom. The Labute approximate surface area is 166 Å². The van der Waals surface area contributed by atoms with E-state index in [1.807, 2.05) is 24.3 Å². The van der Waals surface area contributed by atoms with Gasteiger partial charge < -0.3 is 20.0 Å². The number of amides is 2. The van der Waals surface area contributed by atoms with Crippen LogP contribution in [0.5, 0.6) is 0 Å². The molecule has 0 fully saturated rings. The quantitative estimate of drug-likeness (QED) is 0.832. The van der Waals surface area contributed by atoms with Crippen molar-refractivity contribution in [3.8, 4) is 0 Å². The minimum Gasteiger partial charge on any atom is -0.459 e. The summed E-state index contributed by atoms with van der Waals surface area (Å²) in [5.41, 5.74) is 8.31. The molecule has 6 heteroatoms. The van der Waals surface area contributed by atoms with Crippen LogP contribution >= 0.6 is 0 Å². The molecule has 0 radical (unpaired) electrons. The smallest absolute Gasteiger partial charge is 0.290 e. The highest BCUT2D eigenvalue weighted by molar-refractivity contribution is 5.96. The molecule has 0 spiro atoms. The van der Waals surface area contributed by atoms with Crippen molar-refractivity contribution in [3.05, 3.63) is 59.5 Å². The maximum atomic E-state index is 13.2. The van der Waals surface area contributed by atoms with Gasteiger partial charge in [-0.1, -0.05) is 38.1 Å². The molecule has 2 heterocycles. The van der Waals surface area contributed by atoms with E-state index >= 15 is 0 Å². The van der Waals surface area contributed by atoms with E-state index in [0.29, 0.717) is 25.4 Å². The van der Waals surface area contributed by atoms with Gasteiger partial charge in [0.25, 0.3) is 5.91 Å². The van der Waals surface area contributed by atoms with Crippen LogP contribution in [0, 0.1) is 5.92 Å². The van der Waals surface area contributed by atoms with E-state index in [0.717, 1.165) is 17.5 Å². The van der Waals surface area contributed by atoms with Gasteiger partial charge in [0.2, 0.25) is 5.91 Å². The van der Waals surface area contributed by atoms with Crippen molar-refractivity contribution in [2.75, 3.05) is 13.6 Å². The number of hydrogen-bond acceptors (Lipinski definition) is 4. The summed E-state index contributed by atoms with van der Waals surface area (Å²) in [4.78, 5) is 29.6. The van der Waals surface area contributed by atoms with Crippen molar-refractivity contribution in [3.63, 3.8) is 0 Å². The number of nitrogens with zero attached hydrogens (tertiary/aromatic N) is 2. The van der Waals surface area contributed by atoms with Crippen LogP contribution in [0.25, 0.3) is 0 Å². The lowest BCUT2D eigenvalue weighted by Crippen LogP contribution is -2.53. The molecule has 28 heavy (non-hydrogen) atoms. The van der Waals surface area contributed by atoms with Crippen molar-refractivity contribution in [1.82, 2.24) is 9.80 Å². The van der Waals surface area contributed by atoms with Crippen molar-refractivity contribution in [2.45, 2.75) is 45.3 Å². The summed E-state index contributed by atoms with van der Waals surface area (Å²) >= 11 is 0. The SMILES string of the molecule is CC(C)C(N)CCN(C)C(=O)C1Cc2ccccc2CN1C(=O)c1ccco1. The predicted molar refractivity (Wildman–Crippen MR) is 108 cm³/mol. The highest BCUT2D eigenvalue weighted by Crippen LogP contribution is 2.26. The first-order chi connectivity index (χ1) is 13.4. The Morgan fingerprint density at radius 2 is 1.93 bits per heavy atom. The van der Waals surface area contributed by atoms with Crippen LogP contribution < -0.4 is 5.73 Å². The molecule has 1 aromatic heterocycles. The fourth-order valence-electron chi connectivity index (χ4n) is 3.54. The largest absolute Gasteiger partial charge is 0.459 e. The lowest BCUT2D eigenvalue weighted by molar-refractivity contribution is -0.135. The van der Waals surface area contributed by atoms with Gasteiger partial charge in [-0.2, -0.15) is 0 Å². The van der Waals surface area contributed by atoms with Gasteiger partial charge in [-0.05, 0) is 35.6 Å². The van der Waals surface area contributed by atoms with E-state index in [-0.39, 0.29) is 23.6 Å². The van der Waals surface area contributed by atoms with Crippen LogP contribution in [0.2, 0.25) is 0 Å². The third-order valence-electron chi connectivity index (χ3n) is 5.56. The molecular weight excluding hydrogens is 354 g/mol. The third-order valence-corrected chi connectivity index (χ3v) is 5.56. The summed E-state index contributed by atoms with van der Waals surface area (Å²) in [6.45, 7) is 5.12. The topological polar surface area (TPSA) is 79.8 Å². The fourth-order valence-corrected chi connectivity index (χ4v) is 3.54. The summed E-state index contributed by atoms with van der Waals surface area (Å²) in [5.74, 6) is 0.291. The van der Waals surface area contributed by atoms with Crippen LogP contribution in [0.1, 0.15) is 41.9 Å². The molecule has 2 aromatic rings. The molecule has 1 aliphatic rings. The maximum absolute atomic E-state index is 13.2. The van der Waals surface area contributed by atoms with Crippen LogP contribution in [-0.2, 0) is 17.8 Å². The zero-order valence-corrected chi connectivity index (χ0v) is 16.8. The second kappa shape index (κ2) is 8.61. The summed E-state index contributed by atoms with van der Waals surface area (Å²) in [6.07, 6.45) is 2.71. The van der Waals surface area contributed by atoms with E-state index in [2.05, 4.69) is 13.8 Å². The Kier molecular flexibility index (Phi) is 6.19. The van der Waals surface area contributed by atoms with Gasteiger partial charge in [-0.25, -0.2) is 0 Å². The number of fused-ring (bicyclic) bond motifs is 1. The summed E-state index contributed by atoms with van der Waals surface area (Å²) in [6, 6.07) is 10.8. The van der Waals surface area contributed by atoms with Gasteiger partial charge in [0.15, 0.2) is 5.76 Å². The average Bonchev–Trinajstić information content (AvgIpc) is 3.24. The van der Waals surface area contributed by atoms with Crippen LogP contribution in [-0.4, -0.2) is 47.3 Å². The second-order valence-corrected chi connectivity index (χ2v) is 7.86. The number of furan rings is 1. The average molecular weight is 383 g/mol. The molecule has 6 nitrogen and oxygen atoms in total. The molecular formula is C22H29N3O3. The number of likely N-dealkylation sites (N-methyl/N-ethyl adjacent to an activating group) is 1. The summed E-state index contributed by atoms with van der Waals surface area (Å²) in [7, 11) is 1.78. The van der Waals surface area contributed by atoms with Crippen LogP contribution in [0.15, 0.2) is 47.1 Å². The minimum absolute atomic E-state index is 0.0446. The second-order valence-electron chi connectivity index (χ2n) is 7.86. The highest BCUT2D eigenvalue weighted by Gasteiger charge is 2.37. The van der Waals surface area contributed by atoms with E-state index in [9.17, 15) is 9.59 Å². The predicted octanol–water partition coefficient (Wildman–Crippen LogP) is 2.68. The summed E-state index contributed by atoms with van der Waals surface area (Å²) < 4.78 is 5.30. The molecule has 0 bridgehead atoms. The Bertz CT molecular complexity index is 816. The zero-order valence-electron chi connectivity index (χ0n) is 16.8. The van der Waals surface area contributed by atoms with E-state index < -0.39 is 6.04 Å². The molecule has 2 N–H and O–H groups in total. The molecule has 150 valence electrons. The van der Waals surface area contributed by atoms with Gasteiger partial charge in [0, 0.05) is 32.6 Å². The number of hydrogen-bond donors (Lipinski definition) is 1. The van der Waals surface area contributed by atoms with Gasteiger partial charge in [-0.15, -0.1) is 0 Å². The van der Waals surface area contributed by atoms with Crippen molar-refractivity contribution >= 4 is 11.8 Å². The Balaban J connectivity index is 1.80. The maximum Gasteiger partial charge on any atom is 0.290 e. The highest BCUT2D eigenvalue weighted by atomic mass is 16.3. The fraction of sp³-hybridized carbons (Fsp3) is 0.455. The normalized spacial score (nSPS) is 17.3. The molecule has 0 aliphatic carbocycles. The van der Waals surface area contributed by atoms with Gasteiger partial charge >= 0.3 is 0 Å². The number of rotatable bonds is 6. The first-order valence-corrected chi connectivity index (χ1v) is 9.80. The van der Waals surface area contributed by atoms with Crippen molar-refractivity contribution < 1.29 is 14.0 Å². The van der Waals surface area contributed by atoms with E-state index in [4.69, 9.17) is 10.2 Å². The number of benzene rings is 1. The molecule has 1 aliphatic heterocycles. The minimum atomic E-state index is -0.548. The number of carbonyl (C=O) groups is 2. The Morgan fingerprint density at radius 3 is 2.57 bits per heavy atom. The van der Waals surface area contributed by atoms with E-state index in [1.54, 1.807) is 29.0 Å². The Hall–Kier alpha value is -2.60. The molecule has 0 saturated heterocycles. The molecule has 1 aromatic carbocycles. The molecule has 3 rings (SSSR count). The monoisotopic (exact) mass is 383 g/mol. The van der Waals surface area contributed by atoms with Crippen molar-refractivity contribution in [2.24, 2.45) is 11.7 Å². The number of carbonyl (C=O) groups excluding carboxylic acids is 2. The first kappa shape index (κ1) is 20.1. The third kappa shape index (κ3) is 4.28. The molecule has 2 amide bonds. The van der Waals surface area contributed by atoms with E-state index in [1.165, 1.54) is 6.26 Å².